The molecule has 0 aromatic heterocycles. The van der Waals surface area contributed by atoms with Crippen LogP contribution in [0.4, 0.5) is 0 Å². The van der Waals surface area contributed by atoms with E-state index in [-0.39, 0.29) is 21.7 Å². The van der Waals surface area contributed by atoms with Crippen LogP contribution in [0.25, 0.3) is 0 Å². The van der Waals surface area contributed by atoms with Gasteiger partial charge in [0.05, 0.1) is 0 Å². The summed E-state index contributed by atoms with van der Waals surface area (Å²) in [7, 11) is 0. The second-order valence-corrected chi connectivity index (χ2v) is 4.07. The third kappa shape index (κ3) is 2.02. The van der Waals surface area contributed by atoms with E-state index in [9.17, 15) is 0 Å². The molecule has 0 nitrogen and oxygen atoms in total. The summed E-state index contributed by atoms with van der Waals surface area (Å²) in [6, 6.07) is 2.47. The van der Waals surface area contributed by atoms with E-state index >= 15 is 0 Å². The Balaban J connectivity index is 0.000000980. The number of rotatable bonds is 2. The summed E-state index contributed by atoms with van der Waals surface area (Å²) in [5, 5.41) is 0. The van der Waals surface area contributed by atoms with Crippen molar-refractivity contribution in [3.05, 3.63) is 28.3 Å². The zero-order valence-corrected chi connectivity index (χ0v) is 10.9. The van der Waals surface area contributed by atoms with Crippen LogP contribution in [-0.2, 0) is 47.4 Å². The summed E-state index contributed by atoms with van der Waals surface area (Å²) in [5.41, 5.74) is 6.68. The molecule has 0 aliphatic heterocycles. The molecule has 1 aromatic carbocycles. The fourth-order valence-electron chi connectivity index (χ4n) is 2.68. The molecule has 0 fully saturated rings. The molecular formula is C13H19Ti+. The van der Waals surface area contributed by atoms with Crippen LogP contribution in [0.3, 0.4) is 0 Å². The standard InChI is InChI=1S/C13H19.Ti/c1-3-10-9-11-7-5-6-8-13(11)12(10)4-2;/h9H,3-8H2,1-2H3;/q-1;+2. The molecule has 1 aliphatic carbocycles. The Labute approximate surface area is 102 Å². The molecule has 0 bridgehead atoms. The number of hydrogen-bond acceptors (Lipinski definition) is 0. The molecule has 0 N–H and O–H groups in total. The van der Waals surface area contributed by atoms with Gasteiger partial charge < -0.3 is 0 Å². The Hall–Kier alpha value is 0.0643. The fourth-order valence-corrected chi connectivity index (χ4v) is 2.68. The van der Waals surface area contributed by atoms with Crippen molar-refractivity contribution in [3.63, 3.8) is 0 Å². The van der Waals surface area contributed by atoms with Crippen LogP contribution in [0.15, 0.2) is 6.07 Å². The summed E-state index contributed by atoms with van der Waals surface area (Å²) in [6.07, 6.45) is 7.95. The van der Waals surface area contributed by atoms with Crippen LogP contribution in [0.2, 0.25) is 0 Å². The Kier molecular flexibility index (Phi) is 4.53. The van der Waals surface area contributed by atoms with Gasteiger partial charge in [0.1, 0.15) is 0 Å². The van der Waals surface area contributed by atoms with Crippen molar-refractivity contribution in [3.8, 4) is 0 Å². The second kappa shape index (κ2) is 5.23. The van der Waals surface area contributed by atoms with Crippen molar-refractivity contribution < 1.29 is 21.7 Å². The molecule has 2 rings (SSSR count). The van der Waals surface area contributed by atoms with Crippen LogP contribution in [-0.4, -0.2) is 0 Å². The monoisotopic (exact) mass is 223 g/mol. The molecule has 0 unspecified atom stereocenters. The number of fused-ring (bicyclic) bond motifs is 1. The normalized spacial score (nSPS) is 14.7. The van der Waals surface area contributed by atoms with Gasteiger partial charge in [0.25, 0.3) is 0 Å². The van der Waals surface area contributed by atoms with E-state index in [2.05, 4.69) is 19.9 Å². The Bertz CT molecular complexity index is 286. The maximum absolute atomic E-state index is 2.47. The molecule has 0 radical (unpaired) electrons. The Morgan fingerprint density at radius 3 is 2.57 bits per heavy atom. The third-order valence-corrected chi connectivity index (χ3v) is 3.35. The van der Waals surface area contributed by atoms with Crippen LogP contribution >= 0.6 is 0 Å². The molecule has 0 heterocycles. The first-order valence-corrected chi connectivity index (χ1v) is 5.66. The van der Waals surface area contributed by atoms with Crippen molar-refractivity contribution in [1.82, 2.24) is 0 Å². The second-order valence-electron chi connectivity index (χ2n) is 4.07. The number of hydrogen-bond donors (Lipinski definition) is 0. The average molecular weight is 223 g/mol. The van der Waals surface area contributed by atoms with Gasteiger partial charge in [-0.3, -0.25) is 0 Å². The molecule has 0 atom stereocenters. The molecule has 14 heavy (non-hydrogen) atoms. The van der Waals surface area contributed by atoms with E-state index in [0.717, 1.165) is 0 Å². The smallest absolute Gasteiger partial charge is 0.207 e. The van der Waals surface area contributed by atoms with Crippen LogP contribution in [0, 0.1) is 0 Å². The van der Waals surface area contributed by atoms with Crippen LogP contribution < -0.4 is 0 Å². The van der Waals surface area contributed by atoms with Gasteiger partial charge in [0.2, 0.25) is 0 Å². The molecule has 0 spiro atoms. The van der Waals surface area contributed by atoms with Crippen molar-refractivity contribution in [2.45, 2.75) is 52.4 Å². The summed E-state index contributed by atoms with van der Waals surface area (Å²) >= 11 is 0. The van der Waals surface area contributed by atoms with Crippen molar-refractivity contribution in [1.29, 1.82) is 0 Å². The molecule has 0 amide bonds. The zero-order valence-electron chi connectivity index (χ0n) is 9.32. The Morgan fingerprint density at radius 1 is 1.21 bits per heavy atom. The van der Waals surface area contributed by atoms with E-state index < -0.39 is 0 Å². The zero-order chi connectivity index (χ0) is 9.26. The molecular weight excluding hydrogens is 204 g/mol. The minimum atomic E-state index is 0. The molecule has 1 aromatic rings. The van der Waals surface area contributed by atoms with Gasteiger partial charge in [-0.1, -0.05) is 52.4 Å². The van der Waals surface area contributed by atoms with Gasteiger partial charge in [-0.25, -0.2) is 6.07 Å². The van der Waals surface area contributed by atoms with Crippen LogP contribution in [0.5, 0.6) is 0 Å². The molecule has 1 aliphatic rings. The summed E-state index contributed by atoms with van der Waals surface area (Å²) in [6.45, 7) is 4.57. The SMILES string of the molecule is CCc1cc2c([c-]1CC)CCCC2.[Ti+2]. The van der Waals surface area contributed by atoms with Crippen LogP contribution in [0.1, 0.15) is 48.9 Å². The largest absolute Gasteiger partial charge is 2.00 e. The van der Waals surface area contributed by atoms with Crippen molar-refractivity contribution >= 4 is 0 Å². The molecule has 74 valence electrons. The summed E-state index contributed by atoms with van der Waals surface area (Å²) < 4.78 is 0. The maximum atomic E-state index is 2.47. The van der Waals surface area contributed by atoms with Gasteiger partial charge in [-0.2, -0.15) is 22.3 Å². The minimum absolute atomic E-state index is 0. The van der Waals surface area contributed by atoms with E-state index in [1.54, 1.807) is 22.3 Å². The maximum Gasteiger partial charge on any atom is 2.00 e. The first-order valence-electron chi connectivity index (χ1n) is 5.66. The quantitative estimate of drug-likeness (QED) is 0.532. The van der Waals surface area contributed by atoms with E-state index in [4.69, 9.17) is 0 Å². The topological polar surface area (TPSA) is 0 Å². The predicted octanol–water partition coefficient (Wildman–Crippen LogP) is 3.41. The predicted molar refractivity (Wildman–Crippen MR) is 57.4 cm³/mol. The third-order valence-electron chi connectivity index (χ3n) is 3.35. The van der Waals surface area contributed by atoms with E-state index in [0.29, 0.717) is 0 Å². The van der Waals surface area contributed by atoms with Gasteiger partial charge in [0, 0.05) is 0 Å². The minimum Gasteiger partial charge on any atom is -0.207 e. The van der Waals surface area contributed by atoms with Gasteiger partial charge in [-0.15, -0.1) is 0 Å². The first kappa shape index (κ1) is 12.1. The average Bonchev–Trinajstić information content (AvgIpc) is 2.55. The molecule has 1 heteroatoms. The molecule has 0 saturated heterocycles. The van der Waals surface area contributed by atoms with Gasteiger partial charge >= 0.3 is 21.7 Å². The van der Waals surface area contributed by atoms with E-state index in [1.807, 2.05) is 0 Å². The van der Waals surface area contributed by atoms with Crippen molar-refractivity contribution in [2.24, 2.45) is 0 Å². The molecule has 0 saturated carbocycles. The first-order chi connectivity index (χ1) is 6.36. The summed E-state index contributed by atoms with van der Waals surface area (Å²) in [4.78, 5) is 0. The fraction of sp³-hybridized carbons (Fsp3) is 0.615. The van der Waals surface area contributed by atoms with Gasteiger partial charge in [-0.05, 0) is 0 Å². The van der Waals surface area contributed by atoms with Crippen molar-refractivity contribution in [2.75, 3.05) is 0 Å². The van der Waals surface area contributed by atoms with Gasteiger partial charge in [0.15, 0.2) is 0 Å². The summed E-state index contributed by atoms with van der Waals surface area (Å²) in [5.74, 6) is 0. The number of aryl methyl sites for hydroxylation is 2. The van der Waals surface area contributed by atoms with E-state index in [1.165, 1.54) is 38.5 Å². The Morgan fingerprint density at radius 2 is 1.93 bits per heavy atom.